The van der Waals surface area contributed by atoms with Gasteiger partial charge in [0.1, 0.15) is 4.90 Å². The minimum absolute atomic E-state index is 0.0907. The summed E-state index contributed by atoms with van der Waals surface area (Å²) in [6, 6.07) is 17.2. The molecular weight excluding hydrogens is 385 g/mol. The maximum absolute atomic E-state index is 12.9. The molecule has 0 aliphatic carbocycles. The van der Waals surface area contributed by atoms with Crippen LogP contribution in [-0.2, 0) is 10.0 Å². The number of nitrogens with one attached hydrogen (secondary N) is 1. The van der Waals surface area contributed by atoms with E-state index in [1.54, 1.807) is 6.07 Å². The third-order valence-corrected chi connectivity index (χ3v) is 6.74. The molecule has 3 aromatic rings. The van der Waals surface area contributed by atoms with Crippen LogP contribution >= 0.6 is 34.5 Å². The van der Waals surface area contributed by atoms with Gasteiger partial charge in [-0.05, 0) is 29.1 Å². The summed E-state index contributed by atoms with van der Waals surface area (Å²) in [6.07, 6.45) is 0. The van der Waals surface area contributed by atoms with Gasteiger partial charge in [0.2, 0.25) is 10.0 Å². The number of sulfonamides is 1. The van der Waals surface area contributed by atoms with Gasteiger partial charge in [0.25, 0.3) is 0 Å². The van der Waals surface area contributed by atoms with E-state index >= 15 is 0 Å². The second-order valence-electron chi connectivity index (χ2n) is 5.03. The molecule has 1 heterocycles. The van der Waals surface area contributed by atoms with E-state index in [1.165, 1.54) is 23.5 Å². The second-order valence-corrected chi connectivity index (χ2v) is 8.48. The molecule has 0 radical (unpaired) electrons. The minimum Gasteiger partial charge on any atom is -0.207 e. The van der Waals surface area contributed by atoms with Crippen LogP contribution in [0.4, 0.5) is 0 Å². The molecule has 124 valence electrons. The van der Waals surface area contributed by atoms with Gasteiger partial charge in [-0.3, -0.25) is 0 Å². The highest BCUT2D eigenvalue weighted by Gasteiger charge is 2.27. The van der Waals surface area contributed by atoms with Crippen LogP contribution in [0.5, 0.6) is 0 Å². The Bertz CT molecular complexity index is 906. The first kappa shape index (κ1) is 17.5. The molecule has 7 heteroatoms. The normalized spacial score (nSPS) is 12.9. The van der Waals surface area contributed by atoms with Crippen LogP contribution in [0.25, 0.3) is 0 Å². The molecule has 0 aliphatic heterocycles. The Hall–Kier alpha value is -1.37. The first-order chi connectivity index (χ1) is 11.5. The maximum Gasteiger partial charge on any atom is 0.244 e. The van der Waals surface area contributed by atoms with Gasteiger partial charge in [0.05, 0.1) is 16.1 Å². The number of hydrogen-bond donors (Lipinski definition) is 1. The van der Waals surface area contributed by atoms with E-state index in [9.17, 15) is 8.42 Å². The largest absolute Gasteiger partial charge is 0.244 e. The maximum atomic E-state index is 12.9. The van der Waals surface area contributed by atoms with Crippen molar-refractivity contribution in [1.82, 2.24) is 4.72 Å². The SMILES string of the molecule is O=S(=O)(N[C@@H](c1ccccc1)c1cccs1)c1c(Cl)cccc1Cl. The van der Waals surface area contributed by atoms with Crippen molar-refractivity contribution in [3.05, 3.63) is 86.5 Å². The van der Waals surface area contributed by atoms with Crippen molar-refractivity contribution < 1.29 is 8.42 Å². The standard InChI is InChI=1S/C17H13Cl2NO2S2/c18-13-8-4-9-14(19)17(13)24(21,22)20-16(15-10-5-11-23-15)12-6-2-1-3-7-12/h1-11,16,20H/t16-/m0/s1. The van der Waals surface area contributed by atoms with Crippen molar-refractivity contribution in [2.75, 3.05) is 0 Å². The van der Waals surface area contributed by atoms with Crippen molar-refractivity contribution in [1.29, 1.82) is 0 Å². The molecule has 0 bridgehead atoms. The molecule has 0 spiro atoms. The zero-order valence-corrected chi connectivity index (χ0v) is 15.5. The van der Waals surface area contributed by atoms with E-state index < -0.39 is 16.1 Å². The Morgan fingerprint density at radius 3 is 2.12 bits per heavy atom. The molecule has 0 saturated carbocycles. The molecule has 1 atom stereocenters. The lowest BCUT2D eigenvalue weighted by atomic mass is 10.1. The van der Waals surface area contributed by atoms with Crippen molar-refractivity contribution >= 4 is 44.6 Å². The molecule has 1 N–H and O–H groups in total. The summed E-state index contributed by atoms with van der Waals surface area (Å²) < 4.78 is 28.5. The molecule has 1 aromatic heterocycles. The molecular formula is C17H13Cl2NO2S2. The molecule has 2 aromatic carbocycles. The number of halogens is 2. The summed E-state index contributed by atoms with van der Waals surface area (Å²) in [6.45, 7) is 0. The van der Waals surface area contributed by atoms with Crippen LogP contribution in [0.3, 0.4) is 0 Å². The summed E-state index contributed by atoms with van der Waals surface area (Å²) >= 11 is 13.6. The third-order valence-electron chi connectivity index (χ3n) is 3.42. The Kier molecular flexibility index (Phi) is 5.27. The van der Waals surface area contributed by atoms with Crippen LogP contribution in [0, 0.1) is 0 Å². The second kappa shape index (κ2) is 7.25. The van der Waals surface area contributed by atoms with Crippen LogP contribution in [0.2, 0.25) is 10.0 Å². The van der Waals surface area contributed by atoms with E-state index in [0.717, 1.165) is 10.4 Å². The average molecular weight is 398 g/mol. The van der Waals surface area contributed by atoms with E-state index in [0.29, 0.717) is 0 Å². The lowest BCUT2D eigenvalue weighted by molar-refractivity contribution is 0.573. The average Bonchev–Trinajstić information content (AvgIpc) is 3.07. The number of rotatable bonds is 5. The predicted molar refractivity (Wildman–Crippen MR) is 99.4 cm³/mol. The number of benzene rings is 2. The zero-order valence-electron chi connectivity index (χ0n) is 12.3. The van der Waals surface area contributed by atoms with E-state index in [4.69, 9.17) is 23.2 Å². The highest BCUT2D eigenvalue weighted by atomic mass is 35.5. The molecule has 3 nitrogen and oxygen atoms in total. The van der Waals surface area contributed by atoms with Gasteiger partial charge in [-0.25, -0.2) is 8.42 Å². The van der Waals surface area contributed by atoms with Gasteiger partial charge in [-0.15, -0.1) is 11.3 Å². The first-order valence-electron chi connectivity index (χ1n) is 7.04. The Balaban J connectivity index is 2.05. The van der Waals surface area contributed by atoms with Crippen LogP contribution in [0.1, 0.15) is 16.5 Å². The quantitative estimate of drug-likeness (QED) is 0.648. The smallest absolute Gasteiger partial charge is 0.207 e. The summed E-state index contributed by atoms with van der Waals surface area (Å²) in [5.74, 6) is 0. The molecule has 0 unspecified atom stereocenters. The number of thiophene rings is 1. The van der Waals surface area contributed by atoms with Crippen LogP contribution in [0.15, 0.2) is 70.9 Å². The van der Waals surface area contributed by atoms with Crippen LogP contribution in [-0.4, -0.2) is 8.42 Å². The topological polar surface area (TPSA) is 46.2 Å². The van der Waals surface area contributed by atoms with Gasteiger partial charge in [0.15, 0.2) is 0 Å². The van der Waals surface area contributed by atoms with E-state index in [-0.39, 0.29) is 14.9 Å². The first-order valence-corrected chi connectivity index (χ1v) is 10.2. The Labute approximate surface area is 154 Å². The van der Waals surface area contributed by atoms with E-state index in [2.05, 4.69) is 4.72 Å². The van der Waals surface area contributed by atoms with Crippen molar-refractivity contribution in [2.24, 2.45) is 0 Å². The fourth-order valence-corrected chi connectivity index (χ4v) is 5.57. The van der Waals surface area contributed by atoms with E-state index in [1.807, 2.05) is 47.8 Å². The van der Waals surface area contributed by atoms with Crippen molar-refractivity contribution in [3.63, 3.8) is 0 Å². The molecule has 0 aliphatic rings. The molecule has 0 saturated heterocycles. The minimum atomic E-state index is -3.90. The Morgan fingerprint density at radius 1 is 0.875 bits per heavy atom. The van der Waals surface area contributed by atoms with Gasteiger partial charge >= 0.3 is 0 Å². The molecule has 24 heavy (non-hydrogen) atoms. The molecule has 0 fully saturated rings. The lowest BCUT2D eigenvalue weighted by Crippen LogP contribution is -2.29. The van der Waals surface area contributed by atoms with Crippen molar-refractivity contribution in [3.8, 4) is 0 Å². The summed E-state index contributed by atoms with van der Waals surface area (Å²) in [5, 5.41) is 2.09. The summed E-state index contributed by atoms with van der Waals surface area (Å²) in [4.78, 5) is 0.777. The fourth-order valence-electron chi connectivity index (χ4n) is 2.34. The van der Waals surface area contributed by atoms with Gasteiger partial charge in [-0.1, -0.05) is 65.7 Å². The molecule has 3 rings (SSSR count). The highest BCUT2D eigenvalue weighted by molar-refractivity contribution is 7.89. The Morgan fingerprint density at radius 2 is 1.54 bits per heavy atom. The van der Waals surface area contributed by atoms with Crippen molar-refractivity contribution in [2.45, 2.75) is 10.9 Å². The lowest BCUT2D eigenvalue weighted by Gasteiger charge is -2.19. The van der Waals surface area contributed by atoms with Gasteiger partial charge in [0, 0.05) is 4.88 Å². The van der Waals surface area contributed by atoms with Crippen LogP contribution < -0.4 is 4.72 Å². The monoisotopic (exact) mass is 397 g/mol. The van der Waals surface area contributed by atoms with Gasteiger partial charge in [-0.2, -0.15) is 4.72 Å². The fraction of sp³-hybridized carbons (Fsp3) is 0.0588. The summed E-state index contributed by atoms with van der Waals surface area (Å²) in [5.41, 5.74) is 0.840. The molecule has 0 amide bonds. The predicted octanol–water partition coefficient (Wildman–Crippen LogP) is 5.12. The highest BCUT2D eigenvalue weighted by Crippen LogP contribution is 2.32. The van der Waals surface area contributed by atoms with Gasteiger partial charge < -0.3 is 0 Å². The third kappa shape index (κ3) is 3.66. The number of hydrogen-bond acceptors (Lipinski definition) is 3. The zero-order chi connectivity index (χ0) is 17.2. The summed E-state index contributed by atoms with van der Waals surface area (Å²) in [7, 11) is -3.90.